The summed E-state index contributed by atoms with van der Waals surface area (Å²) in [4.78, 5) is 0. The minimum absolute atomic E-state index is 0.833. The van der Waals surface area contributed by atoms with Gasteiger partial charge in [0.2, 0.25) is 0 Å². The van der Waals surface area contributed by atoms with E-state index in [1.807, 2.05) is 0 Å². The lowest BCUT2D eigenvalue weighted by molar-refractivity contribution is 0.0603. The number of nitrogens with one attached hydrogen (secondary N) is 1. The van der Waals surface area contributed by atoms with Crippen LogP contribution < -0.4 is 5.32 Å². The second-order valence-corrected chi connectivity index (χ2v) is 4.30. The SMILES string of the molecule is C1CC2(C1)CNC2.O=S(=O)(O)O. The summed E-state index contributed by atoms with van der Waals surface area (Å²) < 4.78 is 31.6. The number of hydrogen-bond donors (Lipinski definition) is 3. The zero-order valence-corrected chi connectivity index (χ0v) is 7.47. The minimum Gasteiger partial charge on any atom is -0.316 e. The minimum atomic E-state index is -4.67. The molecule has 12 heavy (non-hydrogen) atoms. The van der Waals surface area contributed by atoms with Crippen molar-refractivity contribution < 1.29 is 17.5 Å². The van der Waals surface area contributed by atoms with E-state index in [0.717, 1.165) is 5.41 Å². The van der Waals surface area contributed by atoms with Crippen LogP contribution in [0.4, 0.5) is 0 Å². The van der Waals surface area contributed by atoms with Crippen molar-refractivity contribution >= 4 is 10.4 Å². The van der Waals surface area contributed by atoms with Gasteiger partial charge in [0.05, 0.1) is 0 Å². The van der Waals surface area contributed by atoms with Gasteiger partial charge in [-0.25, -0.2) is 0 Å². The fraction of sp³-hybridized carbons (Fsp3) is 1.00. The molecule has 5 nitrogen and oxygen atoms in total. The van der Waals surface area contributed by atoms with Crippen LogP contribution in [0.25, 0.3) is 0 Å². The largest absolute Gasteiger partial charge is 0.394 e. The summed E-state index contributed by atoms with van der Waals surface area (Å²) in [5.41, 5.74) is 0.833. The highest BCUT2D eigenvalue weighted by Gasteiger charge is 2.41. The maximum Gasteiger partial charge on any atom is 0.394 e. The lowest BCUT2D eigenvalue weighted by Crippen LogP contribution is -2.57. The molecule has 6 heteroatoms. The molecule has 0 aromatic heterocycles. The maximum atomic E-state index is 8.74. The molecule has 0 bridgehead atoms. The molecule has 0 amide bonds. The van der Waals surface area contributed by atoms with Crippen LogP contribution in [0.3, 0.4) is 0 Å². The zero-order chi connectivity index (χ0) is 9.24. The third-order valence-corrected chi connectivity index (χ3v) is 2.41. The predicted octanol–water partition coefficient (Wildman–Crippen LogP) is 0.107. The smallest absolute Gasteiger partial charge is 0.316 e. The molecule has 0 aromatic rings. The molecule has 1 saturated carbocycles. The second kappa shape index (κ2) is 3.29. The Kier molecular flexibility index (Phi) is 2.72. The monoisotopic (exact) mass is 195 g/mol. The van der Waals surface area contributed by atoms with E-state index >= 15 is 0 Å². The Morgan fingerprint density at radius 1 is 1.17 bits per heavy atom. The molecule has 0 atom stereocenters. The lowest BCUT2D eigenvalue weighted by atomic mass is 9.65. The van der Waals surface area contributed by atoms with E-state index in [2.05, 4.69) is 5.32 Å². The summed E-state index contributed by atoms with van der Waals surface area (Å²) in [6.07, 6.45) is 4.49. The first-order valence-electron chi connectivity index (χ1n) is 3.82. The van der Waals surface area contributed by atoms with Crippen LogP contribution in [0.1, 0.15) is 19.3 Å². The van der Waals surface area contributed by atoms with Crippen LogP contribution in [-0.4, -0.2) is 30.6 Å². The van der Waals surface area contributed by atoms with E-state index < -0.39 is 10.4 Å². The third kappa shape index (κ3) is 3.06. The van der Waals surface area contributed by atoms with E-state index in [9.17, 15) is 0 Å². The Morgan fingerprint density at radius 2 is 1.58 bits per heavy atom. The van der Waals surface area contributed by atoms with E-state index in [4.69, 9.17) is 17.5 Å². The molecular weight excluding hydrogens is 182 g/mol. The molecule has 3 N–H and O–H groups in total. The van der Waals surface area contributed by atoms with Gasteiger partial charge in [-0.1, -0.05) is 6.42 Å². The molecule has 0 radical (unpaired) electrons. The highest BCUT2D eigenvalue weighted by Crippen LogP contribution is 2.43. The van der Waals surface area contributed by atoms with Crippen LogP contribution in [-0.2, 0) is 10.4 Å². The van der Waals surface area contributed by atoms with Crippen molar-refractivity contribution in [1.29, 1.82) is 0 Å². The average molecular weight is 195 g/mol. The van der Waals surface area contributed by atoms with Crippen molar-refractivity contribution in [3.63, 3.8) is 0 Å². The van der Waals surface area contributed by atoms with E-state index in [1.54, 1.807) is 0 Å². The van der Waals surface area contributed by atoms with Crippen molar-refractivity contribution in [3.05, 3.63) is 0 Å². The molecule has 2 fully saturated rings. The Hall–Kier alpha value is -0.170. The predicted molar refractivity (Wildman–Crippen MR) is 43.3 cm³/mol. The van der Waals surface area contributed by atoms with Crippen LogP contribution in [0.5, 0.6) is 0 Å². The van der Waals surface area contributed by atoms with Gasteiger partial charge in [0.1, 0.15) is 0 Å². The van der Waals surface area contributed by atoms with Gasteiger partial charge in [0.15, 0.2) is 0 Å². The Bertz CT molecular complexity index is 217. The Labute approximate surface area is 71.7 Å². The highest BCUT2D eigenvalue weighted by atomic mass is 32.3. The average Bonchev–Trinajstić information content (AvgIpc) is 1.46. The number of hydrogen-bond acceptors (Lipinski definition) is 3. The molecule has 1 heterocycles. The molecule has 1 saturated heterocycles. The van der Waals surface area contributed by atoms with Crippen LogP contribution >= 0.6 is 0 Å². The van der Waals surface area contributed by atoms with E-state index in [1.165, 1.54) is 32.4 Å². The van der Waals surface area contributed by atoms with E-state index in [0.29, 0.717) is 0 Å². The van der Waals surface area contributed by atoms with Gasteiger partial charge in [-0.15, -0.1) is 0 Å². The Balaban J connectivity index is 0.000000130. The molecule has 2 rings (SSSR count). The molecule has 0 unspecified atom stereocenters. The van der Waals surface area contributed by atoms with Crippen LogP contribution in [0.15, 0.2) is 0 Å². The van der Waals surface area contributed by atoms with Gasteiger partial charge < -0.3 is 5.32 Å². The van der Waals surface area contributed by atoms with Gasteiger partial charge in [0.25, 0.3) is 0 Å². The molecule has 2 aliphatic rings. The summed E-state index contributed by atoms with van der Waals surface area (Å²) >= 11 is 0. The first-order valence-corrected chi connectivity index (χ1v) is 5.22. The lowest BCUT2D eigenvalue weighted by Gasteiger charge is -2.49. The molecular formula is C6H13NO4S. The molecule has 0 aromatic carbocycles. The topological polar surface area (TPSA) is 86.6 Å². The summed E-state index contributed by atoms with van der Waals surface area (Å²) in [6.45, 7) is 2.62. The standard InChI is InChI=1S/C6H11N.H2O4S/c1-2-6(3-1)4-7-5-6;1-5(2,3)4/h7H,1-5H2;(H2,1,2,3,4). The third-order valence-electron chi connectivity index (χ3n) is 2.41. The summed E-state index contributed by atoms with van der Waals surface area (Å²) in [6, 6.07) is 0. The first-order chi connectivity index (χ1) is 5.41. The molecule has 72 valence electrons. The van der Waals surface area contributed by atoms with Crippen molar-refractivity contribution in [2.45, 2.75) is 19.3 Å². The van der Waals surface area contributed by atoms with Gasteiger partial charge >= 0.3 is 10.4 Å². The van der Waals surface area contributed by atoms with E-state index in [-0.39, 0.29) is 0 Å². The molecule has 1 aliphatic carbocycles. The molecule has 1 aliphatic heterocycles. The van der Waals surface area contributed by atoms with Crippen molar-refractivity contribution in [2.75, 3.05) is 13.1 Å². The fourth-order valence-corrected chi connectivity index (χ4v) is 1.51. The van der Waals surface area contributed by atoms with Crippen molar-refractivity contribution in [2.24, 2.45) is 5.41 Å². The maximum absolute atomic E-state index is 8.74. The first kappa shape index (κ1) is 9.91. The summed E-state index contributed by atoms with van der Waals surface area (Å²) in [5, 5.41) is 3.30. The second-order valence-electron chi connectivity index (χ2n) is 3.40. The quantitative estimate of drug-likeness (QED) is 0.477. The van der Waals surface area contributed by atoms with Gasteiger partial charge in [-0.3, -0.25) is 9.11 Å². The van der Waals surface area contributed by atoms with Gasteiger partial charge in [-0.05, 0) is 18.3 Å². The normalized spacial score (nSPS) is 24.8. The Morgan fingerprint density at radius 3 is 1.58 bits per heavy atom. The zero-order valence-electron chi connectivity index (χ0n) is 6.65. The van der Waals surface area contributed by atoms with Crippen molar-refractivity contribution in [3.8, 4) is 0 Å². The fourth-order valence-electron chi connectivity index (χ4n) is 1.51. The summed E-state index contributed by atoms with van der Waals surface area (Å²) in [5.74, 6) is 0. The molecule has 1 spiro atoms. The summed E-state index contributed by atoms with van der Waals surface area (Å²) in [7, 11) is -4.67. The number of rotatable bonds is 0. The van der Waals surface area contributed by atoms with Gasteiger partial charge in [0, 0.05) is 13.1 Å². The van der Waals surface area contributed by atoms with Crippen molar-refractivity contribution in [1.82, 2.24) is 5.32 Å². The van der Waals surface area contributed by atoms with Crippen LogP contribution in [0.2, 0.25) is 0 Å². The highest BCUT2D eigenvalue weighted by molar-refractivity contribution is 7.79. The van der Waals surface area contributed by atoms with Gasteiger partial charge in [-0.2, -0.15) is 8.42 Å². The van der Waals surface area contributed by atoms with Crippen LogP contribution in [0, 0.1) is 5.41 Å².